The number of aromatic amines is 2. The molecule has 1 aliphatic heterocycles. The van der Waals surface area contributed by atoms with Crippen LogP contribution in [0.2, 0.25) is 0 Å². The van der Waals surface area contributed by atoms with Crippen LogP contribution in [0, 0.1) is 17.7 Å². The second-order valence-corrected chi connectivity index (χ2v) is 8.74. The summed E-state index contributed by atoms with van der Waals surface area (Å²) in [6.45, 7) is 1.86. The zero-order valence-electron chi connectivity index (χ0n) is 17.2. The number of ketones is 1. The van der Waals surface area contributed by atoms with Crippen molar-refractivity contribution in [2.24, 2.45) is 11.8 Å². The van der Waals surface area contributed by atoms with E-state index in [9.17, 15) is 22.4 Å². The van der Waals surface area contributed by atoms with Gasteiger partial charge in [-0.15, -0.1) is 0 Å². The van der Waals surface area contributed by atoms with Crippen molar-refractivity contribution in [1.82, 2.24) is 15.0 Å². The summed E-state index contributed by atoms with van der Waals surface area (Å²) >= 11 is 0. The van der Waals surface area contributed by atoms with E-state index in [4.69, 9.17) is 0 Å². The fraction of sp³-hybridized carbons (Fsp3) is 0.250. The molecule has 2 fully saturated rings. The van der Waals surface area contributed by atoms with E-state index in [0.717, 1.165) is 30.9 Å². The van der Waals surface area contributed by atoms with Gasteiger partial charge in [-0.3, -0.25) is 4.79 Å². The molecule has 168 valence electrons. The summed E-state index contributed by atoms with van der Waals surface area (Å²) in [4.78, 5) is 25.2. The van der Waals surface area contributed by atoms with E-state index in [-0.39, 0.29) is 11.1 Å². The topological polar surface area (TPSA) is 64.8 Å². The Bertz CT molecular complexity index is 1390. The number of halogens is 4. The number of piperidine rings is 1. The molecule has 1 saturated carbocycles. The van der Waals surface area contributed by atoms with Crippen LogP contribution in [0.25, 0.3) is 22.6 Å². The fourth-order valence-electron chi connectivity index (χ4n) is 4.73. The molecule has 0 amide bonds. The maximum absolute atomic E-state index is 14.8. The lowest BCUT2D eigenvalue weighted by atomic mass is 9.99. The van der Waals surface area contributed by atoms with Crippen LogP contribution in [0.5, 0.6) is 0 Å². The molecular formula is C24H18F4N4O. The molecule has 6 rings (SSSR count). The third kappa shape index (κ3) is 3.39. The van der Waals surface area contributed by atoms with Crippen LogP contribution in [0.15, 0.2) is 48.7 Å². The SMILES string of the molecule is O=C(c1c[nH]c(-c2nc3c(F)cc(N4CC5CC5C4)cc3[nH]2)c1)c1ccccc1C(F)(F)F. The molecule has 0 bridgehead atoms. The molecule has 5 nitrogen and oxygen atoms in total. The lowest BCUT2D eigenvalue weighted by Crippen LogP contribution is -2.21. The van der Waals surface area contributed by atoms with E-state index < -0.39 is 28.9 Å². The number of anilines is 1. The van der Waals surface area contributed by atoms with Gasteiger partial charge in [-0.05, 0) is 42.5 Å². The van der Waals surface area contributed by atoms with Gasteiger partial charge in [0.1, 0.15) is 5.52 Å². The van der Waals surface area contributed by atoms with Crippen molar-refractivity contribution >= 4 is 22.5 Å². The molecule has 2 atom stereocenters. The summed E-state index contributed by atoms with van der Waals surface area (Å²) < 4.78 is 54.7. The molecule has 2 aromatic heterocycles. The summed E-state index contributed by atoms with van der Waals surface area (Å²) in [6.07, 6.45) is -2.07. The van der Waals surface area contributed by atoms with Crippen LogP contribution in [-0.2, 0) is 6.18 Å². The first-order valence-electron chi connectivity index (χ1n) is 10.6. The number of aromatic nitrogens is 3. The minimum Gasteiger partial charge on any atom is -0.371 e. The summed E-state index contributed by atoms with van der Waals surface area (Å²) in [5.74, 6) is 0.500. The Labute approximate surface area is 185 Å². The maximum Gasteiger partial charge on any atom is 0.417 e. The smallest absolute Gasteiger partial charge is 0.371 e. The molecule has 33 heavy (non-hydrogen) atoms. The van der Waals surface area contributed by atoms with Crippen LogP contribution in [0.3, 0.4) is 0 Å². The second-order valence-electron chi connectivity index (χ2n) is 8.74. The molecule has 2 aromatic carbocycles. The Balaban J connectivity index is 1.32. The third-order valence-corrected chi connectivity index (χ3v) is 6.55. The Hall–Kier alpha value is -3.62. The summed E-state index contributed by atoms with van der Waals surface area (Å²) in [5, 5.41) is 0. The van der Waals surface area contributed by atoms with Gasteiger partial charge in [0.05, 0.1) is 16.8 Å². The second kappa shape index (κ2) is 6.94. The normalized spacial score (nSPS) is 19.8. The van der Waals surface area contributed by atoms with Crippen molar-refractivity contribution in [2.75, 3.05) is 18.0 Å². The summed E-state index contributed by atoms with van der Waals surface area (Å²) in [6, 6.07) is 9.41. The van der Waals surface area contributed by atoms with Crippen molar-refractivity contribution in [3.63, 3.8) is 0 Å². The monoisotopic (exact) mass is 454 g/mol. The molecule has 4 aromatic rings. The third-order valence-electron chi connectivity index (χ3n) is 6.55. The molecule has 2 aliphatic rings. The van der Waals surface area contributed by atoms with Crippen LogP contribution in [0.1, 0.15) is 27.9 Å². The molecule has 3 heterocycles. The fourth-order valence-corrected chi connectivity index (χ4v) is 4.73. The highest BCUT2D eigenvalue weighted by Gasteiger charge is 2.45. The van der Waals surface area contributed by atoms with Crippen molar-refractivity contribution in [2.45, 2.75) is 12.6 Å². The van der Waals surface area contributed by atoms with Gasteiger partial charge in [0.2, 0.25) is 0 Å². The predicted molar refractivity (Wildman–Crippen MR) is 115 cm³/mol. The average molecular weight is 454 g/mol. The quantitative estimate of drug-likeness (QED) is 0.321. The number of nitrogens with one attached hydrogen (secondary N) is 2. The minimum absolute atomic E-state index is 0.0552. The Morgan fingerprint density at radius 1 is 1.09 bits per heavy atom. The van der Waals surface area contributed by atoms with Crippen molar-refractivity contribution in [3.05, 3.63) is 71.2 Å². The van der Waals surface area contributed by atoms with E-state index in [1.807, 2.05) is 6.07 Å². The molecule has 1 saturated heterocycles. The molecule has 2 N–H and O–H groups in total. The van der Waals surface area contributed by atoms with Crippen LogP contribution >= 0.6 is 0 Å². The largest absolute Gasteiger partial charge is 0.417 e. The van der Waals surface area contributed by atoms with E-state index in [1.54, 1.807) is 0 Å². The molecule has 2 unspecified atom stereocenters. The summed E-state index contributed by atoms with van der Waals surface area (Å²) in [7, 11) is 0. The van der Waals surface area contributed by atoms with E-state index in [1.165, 1.54) is 36.9 Å². The van der Waals surface area contributed by atoms with Gasteiger partial charge >= 0.3 is 6.18 Å². The minimum atomic E-state index is -4.64. The first-order valence-corrected chi connectivity index (χ1v) is 10.6. The highest BCUT2D eigenvalue weighted by molar-refractivity contribution is 6.10. The van der Waals surface area contributed by atoms with E-state index in [2.05, 4.69) is 19.9 Å². The molecular weight excluding hydrogens is 436 g/mol. The number of rotatable bonds is 4. The first kappa shape index (κ1) is 20.0. The van der Waals surface area contributed by atoms with Crippen molar-refractivity contribution in [3.8, 4) is 11.5 Å². The number of benzene rings is 2. The number of nitrogens with zero attached hydrogens (tertiary/aromatic N) is 2. The summed E-state index contributed by atoms with van der Waals surface area (Å²) in [5.41, 5.74) is 0.499. The van der Waals surface area contributed by atoms with Gasteiger partial charge in [0, 0.05) is 36.1 Å². The van der Waals surface area contributed by atoms with E-state index >= 15 is 0 Å². The van der Waals surface area contributed by atoms with Gasteiger partial charge in [-0.25, -0.2) is 9.37 Å². The number of carbonyl (C=O) groups is 1. The molecule has 0 radical (unpaired) electrons. The lowest BCUT2D eigenvalue weighted by Gasteiger charge is -2.20. The van der Waals surface area contributed by atoms with Gasteiger partial charge in [0.15, 0.2) is 17.4 Å². The van der Waals surface area contributed by atoms with Crippen LogP contribution in [-0.4, -0.2) is 33.8 Å². The first-order chi connectivity index (χ1) is 15.8. The number of alkyl halides is 3. The Morgan fingerprint density at radius 3 is 2.61 bits per heavy atom. The van der Waals surface area contributed by atoms with Crippen molar-refractivity contribution in [1.29, 1.82) is 0 Å². The average Bonchev–Trinajstić information content (AvgIpc) is 3.21. The molecule has 9 heteroatoms. The van der Waals surface area contributed by atoms with Gasteiger partial charge < -0.3 is 14.9 Å². The standard InChI is InChI=1S/C24H18F4N4O/c25-18-7-15(32-10-13-5-14(13)11-32)8-19-21(18)31-23(30-19)20-6-12(9-29-20)22(33)16-3-1-2-4-17(16)24(26,27)28/h1-4,6-9,13-14,29H,5,10-11H2,(H,30,31). The number of fused-ring (bicyclic) bond motifs is 2. The zero-order chi connectivity index (χ0) is 22.9. The maximum atomic E-state index is 14.8. The highest BCUT2D eigenvalue weighted by atomic mass is 19.4. The number of carbonyl (C=O) groups excluding carboxylic acids is 1. The Morgan fingerprint density at radius 2 is 1.85 bits per heavy atom. The van der Waals surface area contributed by atoms with E-state index in [0.29, 0.717) is 28.9 Å². The number of hydrogen-bond acceptors (Lipinski definition) is 3. The predicted octanol–water partition coefficient (Wildman–Crippen LogP) is 5.40. The number of imidazole rings is 1. The Kier molecular flexibility index (Phi) is 4.21. The molecule has 0 spiro atoms. The van der Waals surface area contributed by atoms with Crippen LogP contribution < -0.4 is 4.90 Å². The van der Waals surface area contributed by atoms with Gasteiger partial charge in [-0.2, -0.15) is 13.2 Å². The van der Waals surface area contributed by atoms with Gasteiger partial charge in [0.25, 0.3) is 0 Å². The molecule has 1 aliphatic carbocycles. The highest BCUT2D eigenvalue weighted by Crippen LogP contribution is 2.46. The zero-order valence-corrected chi connectivity index (χ0v) is 17.2. The number of H-pyrrole nitrogens is 2. The lowest BCUT2D eigenvalue weighted by molar-refractivity contribution is -0.137. The van der Waals surface area contributed by atoms with Crippen LogP contribution in [0.4, 0.5) is 23.2 Å². The van der Waals surface area contributed by atoms with Gasteiger partial charge in [-0.1, -0.05) is 18.2 Å². The van der Waals surface area contributed by atoms with Crippen molar-refractivity contribution < 1.29 is 22.4 Å². The number of hydrogen-bond donors (Lipinski definition) is 2.